The van der Waals surface area contributed by atoms with Crippen LogP contribution in [0.2, 0.25) is 0 Å². The Morgan fingerprint density at radius 2 is 1.00 bits per heavy atom. The molecule has 0 aliphatic carbocycles. The molecular formula is BFeNdNiZn. The molecular weight excluding hydrogens is 335 g/mol. The van der Waals surface area contributed by atoms with Gasteiger partial charge >= 0.3 is 0 Å². The van der Waals surface area contributed by atoms with E-state index in [9.17, 15) is 0 Å². The van der Waals surface area contributed by atoms with Crippen LogP contribution in [0.3, 0.4) is 0 Å². The quantitative estimate of drug-likeness (QED) is 0.529. The Hall–Kier alpha value is 3.05. The van der Waals surface area contributed by atoms with Crippen molar-refractivity contribution in [3.63, 3.8) is 0 Å². The SMILES string of the molecule is [B].[Fe].[Nd].[Ni].[Zn]. The maximum atomic E-state index is 0. The molecule has 5 heavy (non-hydrogen) atoms. The topological polar surface area (TPSA) is 0 Å². The molecule has 0 spiro atoms. The van der Waals surface area contributed by atoms with Gasteiger partial charge in [-0.1, -0.05) is 0 Å². The van der Waals surface area contributed by atoms with Crippen molar-refractivity contribution in [2.45, 2.75) is 0 Å². The van der Waals surface area contributed by atoms with E-state index in [1.54, 1.807) is 0 Å². The average Bonchev–Trinajstić information content (AvgIpc) is 0. The van der Waals surface area contributed by atoms with Crippen LogP contribution in [0.5, 0.6) is 0 Å². The van der Waals surface area contributed by atoms with Gasteiger partial charge in [0.25, 0.3) is 0 Å². The van der Waals surface area contributed by atoms with Crippen LogP contribution < -0.4 is 0 Å². The maximum absolute atomic E-state index is 0. The van der Waals surface area contributed by atoms with Crippen molar-refractivity contribution in [2.24, 2.45) is 0 Å². The fourth-order valence-corrected chi connectivity index (χ4v) is 0. The summed E-state index contributed by atoms with van der Waals surface area (Å²) in [6, 6.07) is 0. The zero-order valence-electron chi connectivity index (χ0n) is 2.45. The van der Waals surface area contributed by atoms with E-state index in [1.165, 1.54) is 0 Å². The van der Waals surface area contributed by atoms with Crippen molar-refractivity contribution in [1.29, 1.82) is 0 Å². The molecule has 0 aromatic carbocycles. The molecule has 0 aromatic rings. The molecule has 0 fully saturated rings. The molecule has 0 amide bonds. The van der Waals surface area contributed by atoms with E-state index in [0.717, 1.165) is 0 Å². The molecule has 0 aliphatic heterocycles. The summed E-state index contributed by atoms with van der Waals surface area (Å²) in [7, 11) is 0. The normalized spacial score (nSPS) is 0. The molecule has 0 saturated heterocycles. The molecule has 27 valence electrons. The van der Waals surface area contributed by atoms with E-state index in [-0.39, 0.29) is 102 Å². The van der Waals surface area contributed by atoms with Crippen LogP contribution in [-0.4, -0.2) is 8.41 Å². The fraction of sp³-hybridized carbons (Fsp3) is 0. The van der Waals surface area contributed by atoms with Gasteiger partial charge in [-0.15, -0.1) is 0 Å². The van der Waals surface area contributed by atoms with Gasteiger partial charge in [-0.3, -0.25) is 0 Å². The Balaban J connectivity index is 0. The summed E-state index contributed by atoms with van der Waals surface area (Å²) in [5.74, 6) is 0. The van der Waals surface area contributed by atoms with Crippen LogP contribution in [0, 0.1) is 40.8 Å². The molecule has 0 aliphatic rings. The van der Waals surface area contributed by atoms with Gasteiger partial charge in [0.1, 0.15) is 0 Å². The Morgan fingerprint density at radius 3 is 1.00 bits per heavy atom. The molecule has 0 bridgehead atoms. The smallest absolute Gasteiger partial charge is 0 e. The van der Waals surface area contributed by atoms with Gasteiger partial charge in [-0.2, -0.15) is 0 Å². The van der Waals surface area contributed by atoms with Crippen LogP contribution >= 0.6 is 0 Å². The molecule has 0 N–H and O–H groups in total. The van der Waals surface area contributed by atoms with Crippen LogP contribution in [0.15, 0.2) is 0 Å². The number of hydrogen-bond donors (Lipinski definition) is 0. The first-order chi connectivity index (χ1) is 0. The summed E-state index contributed by atoms with van der Waals surface area (Å²) in [5, 5.41) is 0. The second-order valence-corrected chi connectivity index (χ2v) is 0. The Bertz CT molecular complexity index is 11.6. The molecule has 0 saturated carbocycles. The van der Waals surface area contributed by atoms with Gasteiger partial charge in [-0.25, -0.2) is 0 Å². The van der Waals surface area contributed by atoms with Crippen LogP contribution in [-0.2, 0) is 53.0 Å². The second kappa shape index (κ2) is 27.7. The summed E-state index contributed by atoms with van der Waals surface area (Å²) in [6.45, 7) is 0. The molecule has 0 unspecified atom stereocenters. The first kappa shape index (κ1) is 43.0. The van der Waals surface area contributed by atoms with Crippen molar-refractivity contribution >= 4 is 8.41 Å². The maximum Gasteiger partial charge on any atom is 0 e. The van der Waals surface area contributed by atoms with Crippen molar-refractivity contribution in [3.05, 3.63) is 0 Å². The molecule has 0 rings (SSSR count). The Labute approximate surface area is 100 Å². The van der Waals surface area contributed by atoms with Crippen molar-refractivity contribution in [1.82, 2.24) is 0 Å². The van der Waals surface area contributed by atoms with Crippen molar-refractivity contribution in [2.75, 3.05) is 0 Å². The van der Waals surface area contributed by atoms with Gasteiger partial charge in [0.05, 0.1) is 0 Å². The monoisotopic (exact) mass is 331 g/mol. The molecule has 3 radical (unpaired) electrons. The van der Waals surface area contributed by atoms with E-state index < -0.39 is 0 Å². The summed E-state index contributed by atoms with van der Waals surface area (Å²) in [4.78, 5) is 0. The van der Waals surface area contributed by atoms with Crippen LogP contribution in [0.4, 0.5) is 0 Å². The molecule has 0 heterocycles. The second-order valence-electron chi connectivity index (χ2n) is 0. The summed E-state index contributed by atoms with van der Waals surface area (Å²) in [5.41, 5.74) is 0. The van der Waals surface area contributed by atoms with E-state index in [2.05, 4.69) is 0 Å². The van der Waals surface area contributed by atoms with Gasteiger partial charge in [0, 0.05) is 102 Å². The van der Waals surface area contributed by atoms with E-state index in [1.807, 2.05) is 0 Å². The third-order valence-electron chi connectivity index (χ3n) is 0. The molecule has 0 aromatic heterocycles. The standard InChI is InChI=1S/B.Fe.Nd.Ni.Zn. The van der Waals surface area contributed by atoms with Gasteiger partial charge in [0.15, 0.2) is 0 Å². The van der Waals surface area contributed by atoms with Gasteiger partial charge in [0.2, 0.25) is 0 Å². The minimum atomic E-state index is 0. The Kier molecular flexibility index (Phi) is 238. The summed E-state index contributed by atoms with van der Waals surface area (Å²) >= 11 is 0. The minimum absolute atomic E-state index is 0. The average molecular weight is 335 g/mol. The zero-order chi connectivity index (χ0) is 0. The molecule has 0 nitrogen and oxygen atoms in total. The van der Waals surface area contributed by atoms with Crippen LogP contribution in [0.1, 0.15) is 0 Å². The van der Waals surface area contributed by atoms with Crippen molar-refractivity contribution < 1.29 is 93.9 Å². The van der Waals surface area contributed by atoms with E-state index >= 15 is 0 Å². The minimum Gasteiger partial charge on any atom is 0 e. The number of rotatable bonds is 0. The number of hydrogen-bond acceptors (Lipinski definition) is 0. The fourth-order valence-electron chi connectivity index (χ4n) is 0. The first-order valence-corrected chi connectivity index (χ1v) is 0. The third-order valence-corrected chi connectivity index (χ3v) is 0. The zero-order valence-corrected chi connectivity index (χ0v) is 10.7. The largest absolute Gasteiger partial charge is 0 e. The van der Waals surface area contributed by atoms with Gasteiger partial charge in [-0.05, 0) is 0 Å². The van der Waals surface area contributed by atoms with Crippen LogP contribution in [0.25, 0.3) is 0 Å². The molecule has 0 atom stereocenters. The first-order valence-electron chi connectivity index (χ1n) is 0. The predicted molar refractivity (Wildman–Crippen MR) is 5.75 cm³/mol. The summed E-state index contributed by atoms with van der Waals surface area (Å²) < 4.78 is 0. The molecule has 5 heteroatoms. The third kappa shape index (κ3) is 19.3. The predicted octanol–water partition coefficient (Wildman–Crippen LogP) is -0.388. The van der Waals surface area contributed by atoms with E-state index in [4.69, 9.17) is 0 Å². The van der Waals surface area contributed by atoms with Gasteiger partial charge < -0.3 is 0 Å². The van der Waals surface area contributed by atoms with E-state index in [0.29, 0.717) is 0 Å². The summed E-state index contributed by atoms with van der Waals surface area (Å²) in [6.07, 6.45) is 0. The Morgan fingerprint density at radius 1 is 1.00 bits per heavy atom. The van der Waals surface area contributed by atoms with Crippen molar-refractivity contribution in [3.8, 4) is 0 Å².